The third kappa shape index (κ3) is 1.15. The van der Waals surface area contributed by atoms with Crippen LogP contribution in [0.25, 0.3) is 0 Å². The van der Waals surface area contributed by atoms with Crippen molar-refractivity contribution in [3.63, 3.8) is 0 Å². The van der Waals surface area contributed by atoms with E-state index >= 15 is 0 Å². The summed E-state index contributed by atoms with van der Waals surface area (Å²) in [5, 5.41) is 8.44. The summed E-state index contributed by atoms with van der Waals surface area (Å²) in [6.45, 7) is 1.60. The fraction of sp³-hybridized carbons (Fsp3) is 0.125. The van der Waals surface area contributed by atoms with E-state index in [4.69, 9.17) is 11.0 Å². The molecule has 11 heavy (non-hydrogen) atoms. The summed E-state index contributed by atoms with van der Waals surface area (Å²) in [5.41, 5.74) is 5.88. The number of nitriles is 1. The van der Waals surface area contributed by atoms with Crippen LogP contribution in [0.15, 0.2) is 12.1 Å². The average molecular weight is 150 g/mol. The number of aryl methyl sites for hydroxylation is 1. The molecule has 3 heteroatoms. The second kappa shape index (κ2) is 2.59. The van der Waals surface area contributed by atoms with Gasteiger partial charge in [0.1, 0.15) is 11.9 Å². The molecule has 56 valence electrons. The zero-order valence-electron chi connectivity index (χ0n) is 6.06. The first kappa shape index (κ1) is 7.55. The van der Waals surface area contributed by atoms with Crippen molar-refractivity contribution in [2.45, 2.75) is 6.92 Å². The molecule has 1 rings (SSSR count). The fourth-order valence-corrected chi connectivity index (χ4v) is 0.799. The van der Waals surface area contributed by atoms with Crippen LogP contribution in [-0.2, 0) is 0 Å². The number of nitrogens with two attached hydrogens (primary N) is 1. The van der Waals surface area contributed by atoms with E-state index in [-0.39, 0.29) is 11.3 Å². The predicted molar refractivity (Wildman–Crippen MR) is 40.3 cm³/mol. The maximum Gasteiger partial charge on any atom is 0.150 e. The van der Waals surface area contributed by atoms with Gasteiger partial charge in [-0.25, -0.2) is 4.39 Å². The van der Waals surface area contributed by atoms with Gasteiger partial charge in [0.2, 0.25) is 0 Å². The van der Waals surface area contributed by atoms with Gasteiger partial charge in [0.15, 0.2) is 0 Å². The van der Waals surface area contributed by atoms with Crippen LogP contribution in [-0.4, -0.2) is 0 Å². The minimum atomic E-state index is -0.496. The third-order valence-corrected chi connectivity index (χ3v) is 1.49. The van der Waals surface area contributed by atoms with Crippen molar-refractivity contribution < 1.29 is 4.39 Å². The Morgan fingerprint density at radius 1 is 1.55 bits per heavy atom. The Morgan fingerprint density at radius 2 is 2.18 bits per heavy atom. The quantitative estimate of drug-likeness (QED) is 0.571. The van der Waals surface area contributed by atoms with Crippen LogP contribution in [0.4, 0.5) is 10.1 Å². The second-order valence-electron chi connectivity index (χ2n) is 2.27. The fourth-order valence-electron chi connectivity index (χ4n) is 0.799. The van der Waals surface area contributed by atoms with E-state index in [0.717, 1.165) is 0 Å². The van der Waals surface area contributed by atoms with Crippen molar-refractivity contribution in [3.8, 4) is 6.07 Å². The molecule has 0 aliphatic heterocycles. The summed E-state index contributed by atoms with van der Waals surface area (Å²) in [5.74, 6) is -0.496. The molecule has 0 atom stereocenters. The summed E-state index contributed by atoms with van der Waals surface area (Å²) in [6, 6.07) is 4.84. The second-order valence-corrected chi connectivity index (χ2v) is 2.27. The molecule has 0 aliphatic carbocycles. The normalized spacial score (nSPS) is 9.18. The van der Waals surface area contributed by atoms with Crippen LogP contribution in [0, 0.1) is 24.1 Å². The van der Waals surface area contributed by atoms with Crippen LogP contribution in [0.5, 0.6) is 0 Å². The molecule has 0 heterocycles. The standard InChI is InChI=1S/C8H7FN2/c1-5-2-3-6(4-10)8(11)7(5)9/h2-3H,11H2,1H3. The van der Waals surface area contributed by atoms with Crippen molar-refractivity contribution in [2.75, 3.05) is 5.73 Å². The number of benzene rings is 1. The van der Waals surface area contributed by atoms with Crippen LogP contribution in [0.3, 0.4) is 0 Å². The highest BCUT2D eigenvalue weighted by Crippen LogP contribution is 2.18. The molecule has 0 aromatic heterocycles. The number of anilines is 1. The van der Waals surface area contributed by atoms with Crippen LogP contribution >= 0.6 is 0 Å². The molecule has 0 radical (unpaired) electrons. The van der Waals surface area contributed by atoms with Gasteiger partial charge in [-0.15, -0.1) is 0 Å². The monoisotopic (exact) mass is 150 g/mol. The summed E-state index contributed by atoms with van der Waals surface area (Å²) < 4.78 is 12.9. The van der Waals surface area contributed by atoms with Gasteiger partial charge in [0, 0.05) is 0 Å². The molecule has 2 N–H and O–H groups in total. The molecular weight excluding hydrogens is 143 g/mol. The van der Waals surface area contributed by atoms with E-state index in [0.29, 0.717) is 5.56 Å². The van der Waals surface area contributed by atoms with Crippen LogP contribution in [0.2, 0.25) is 0 Å². The Morgan fingerprint density at radius 3 is 2.73 bits per heavy atom. The SMILES string of the molecule is Cc1ccc(C#N)c(N)c1F. The lowest BCUT2D eigenvalue weighted by atomic mass is 10.1. The molecular formula is C8H7FN2. The molecule has 2 nitrogen and oxygen atoms in total. The highest BCUT2D eigenvalue weighted by molar-refractivity contribution is 5.56. The van der Waals surface area contributed by atoms with Crippen molar-refractivity contribution in [3.05, 3.63) is 29.1 Å². The van der Waals surface area contributed by atoms with Gasteiger partial charge in [0.05, 0.1) is 11.3 Å². The van der Waals surface area contributed by atoms with E-state index < -0.39 is 5.82 Å². The van der Waals surface area contributed by atoms with Crippen molar-refractivity contribution in [1.29, 1.82) is 5.26 Å². The zero-order chi connectivity index (χ0) is 8.43. The zero-order valence-corrected chi connectivity index (χ0v) is 6.06. The molecule has 0 amide bonds. The van der Waals surface area contributed by atoms with Gasteiger partial charge >= 0.3 is 0 Å². The Bertz CT molecular complexity index is 326. The summed E-state index contributed by atoms with van der Waals surface area (Å²) in [4.78, 5) is 0. The Kier molecular flexibility index (Phi) is 1.77. The molecule has 0 bridgehead atoms. The summed E-state index contributed by atoms with van der Waals surface area (Å²) in [6.07, 6.45) is 0. The van der Waals surface area contributed by atoms with Crippen molar-refractivity contribution >= 4 is 5.69 Å². The van der Waals surface area contributed by atoms with Gasteiger partial charge in [0.25, 0.3) is 0 Å². The van der Waals surface area contributed by atoms with E-state index in [1.165, 1.54) is 12.1 Å². The molecule has 0 aliphatic rings. The lowest BCUT2D eigenvalue weighted by Crippen LogP contribution is -1.96. The van der Waals surface area contributed by atoms with E-state index in [1.54, 1.807) is 13.0 Å². The minimum absolute atomic E-state index is 0.0625. The van der Waals surface area contributed by atoms with Gasteiger partial charge in [-0.2, -0.15) is 5.26 Å². The van der Waals surface area contributed by atoms with E-state index in [9.17, 15) is 4.39 Å². The summed E-state index contributed by atoms with van der Waals surface area (Å²) >= 11 is 0. The predicted octanol–water partition coefficient (Wildman–Crippen LogP) is 1.59. The molecule has 0 spiro atoms. The van der Waals surface area contributed by atoms with E-state index in [2.05, 4.69) is 0 Å². The maximum atomic E-state index is 12.9. The van der Waals surface area contributed by atoms with Gasteiger partial charge < -0.3 is 5.73 Å². The highest BCUT2D eigenvalue weighted by atomic mass is 19.1. The largest absolute Gasteiger partial charge is 0.395 e. The molecule has 0 fully saturated rings. The first-order valence-electron chi connectivity index (χ1n) is 3.11. The Balaban J connectivity index is 3.40. The van der Waals surface area contributed by atoms with Crippen molar-refractivity contribution in [2.24, 2.45) is 0 Å². The molecule has 0 saturated carbocycles. The van der Waals surface area contributed by atoms with Gasteiger partial charge in [-0.3, -0.25) is 0 Å². The van der Waals surface area contributed by atoms with Crippen molar-refractivity contribution in [1.82, 2.24) is 0 Å². The first-order chi connectivity index (χ1) is 5.16. The lowest BCUT2D eigenvalue weighted by Gasteiger charge is -2.00. The maximum absolute atomic E-state index is 12.9. The topological polar surface area (TPSA) is 49.8 Å². The van der Waals surface area contributed by atoms with Crippen LogP contribution < -0.4 is 5.73 Å². The number of hydrogen-bond donors (Lipinski definition) is 1. The van der Waals surface area contributed by atoms with Gasteiger partial charge in [-0.1, -0.05) is 6.07 Å². The smallest absolute Gasteiger partial charge is 0.150 e. The minimum Gasteiger partial charge on any atom is -0.395 e. The van der Waals surface area contributed by atoms with Crippen LogP contribution in [0.1, 0.15) is 11.1 Å². The van der Waals surface area contributed by atoms with Gasteiger partial charge in [-0.05, 0) is 18.6 Å². The Hall–Kier alpha value is -1.56. The molecule has 0 saturated heterocycles. The number of halogens is 1. The van der Waals surface area contributed by atoms with E-state index in [1.807, 2.05) is 0 Å². The molecule has 0 unspecified atom stereocenters. The third-order valence-electron chi connectivity index (χ3n) is 1.49. The lowest BCUT2D eigenvalue weighted by molar-refractivity contribution is 0.623. The highest BCUT2D eigenvalue weighted by Gasteiger charge is 2.05. The number of nitrogen functional groups attached to an aromatic ring is 1. The number of rotatable bonds is 0. The summed E-state index contributed by atoms with van der Waals surface area (Å²) in [7, 11) is 0. The molecule has 1 aromatic rings. The average Bonchev–Trinajstić information content (AvgIpc) is 2.01. The molecule has 1 aromatic carbocycles. The Labute approximate surface area is 64.1 Å². The number of nitrogens with zero attached hydrogens (tertiary/aromatic N) is 1. The first-order valence-corrected chi connectivity index (χ1v) is 3.11. The number of hydrogen-bond acceptors (Lipinski definition) is 2.